The zero-order chi connectivity index (χ0) is 18.4. The van der Waals surface area contributed by atoms with Crippen LogP contribution in [0.3, 0.4) is 0 Å². The molecule has 132 valence electrons. The number of aryl methyl sites for hydroxylation is 1. The van der Waals surface area contributed by atoms with Crippen LogP contribution >= 0.6 is 0 Å². The second-order valence-corrected chi connectivity index (χ2v) is 5.68. The van der Waals surface area contributed by atoms with Crippen molar-refractivity contribution in [3.8, 4) is 17.1 Å². The molecule has 0 saturated carbocycles. The van der Waals surface area contributed by atoms with Crippen molar-refractivity contribution in [1.29, 1.82) is 0 Å². The molecule has 3 rings (SSSR count). The highest BCUT2D eigenvalue weighted by atomic mass is 16.5. The normalized spacial score (nSPS) is 10.3. The molecule has 0 aliphatic carbocycles. The maximum Gasteiger partial charge on any atom is 0.251 e. The smallest absolute Gasteiger partial charge is 0.251 e. The molecule has 0 atom stereocenters. The maximum absolute atomic E-state index is 12.2. The van der Waals surface area contributed by atoms with Crippen molar-refractivity contribution in [3.63, 3.8) is 0 Å². The third-order valence-electron chi connectivity index (χ3n) is 3.66. The number of amides is 1. The van der Waals surface area contributed by atoms with Crippen molar-refractivity contribution in [3.05, 3.63) is 78.2 Å². The minimum absolute atomic E-state index is 0.159. The van der Waals surface area contributed by atoms with Gasteiger partial charge in [0.15, 0.2) is 0 Å². The SMILES string of the molecule is C=CCOc1ccc(C(=O)NCc2nc(-c3ccc(C)cc3)no2)cc1. The second kappa shape index (κ2) is 8.11. The van der Waals surface area contributed by atoms with Gasteiger partial charge in [0.2, 0.25) is 11.7 Å². The Morgan fingerprint density at radius 3 is 2.62 bits per heavy atom. The number of carbonyl (C=O) groups is 1. The van der Waals surface area contributed by atoms with Crippen LogP contribution in [0.1, 0.15) is 21.8 Å². The van der Waals surface area contributed by atoms with E-state index in [1.54, 1.807) is 30.3 Å². The quantitative estimate of drug-likeness (QED) is 0.660. The molecule has 0 aliphatic heterocycles. The van der Waals surface area contributed by atoms with E-state index in [1.807, 2.05) is 31.2 Å². The van der Waals surface area contributed by atoms with E-state index in [-0.39, 0.29) is 12.5 Å². The van der Waals surface area contributed by atoms with Crippen molar-refractivity contribution in [2.24, 2.45) is 0 Å². The number of benzene rings is 2. The van der Waals surface area contributed by atoms with Crippen LogP contribution in [0.25, 0.3) is 11.4 Å². The number of rotatable bonds is 7. The van der Waals surface area contributed by atoms with E-state index in [0.29, 0.717) is 29.6 Å². The number of aromatic nitrogens is 2. The van der Waals surface area contributed by atoms with E-state index in [0.717, 1.165) is 11.1 Å². The van der Waals surface area contributed by atoms with Crippen LogP contribution < -0.4 is 10.1 Å². The first-order chi connectivity index (χ1) is 12.7. The first-order valence-electron chi connectivity index (χ1n) is 8.17. The van der Waals surface area contributed by atoms with Gasteiger partial charge in [0.25, 0.3) is 5.91 Å². The van der Waals surface area contributed by atoms with Crippen LogP contribution in [-0.2, 0) is 6.54 Å². The van der Waals surface area contributed by atoms with Crippen molar-refractivity contribution >= 4 is 5.91 Å². The molecule has 0 spiro atoms. The van der Waals surface area contributed by atoms with E-state index in [1.165, 1.54) is 0 Å². The molecule has 1 heterocycles. The third-order valence-corrected chi connectivity index (χ3v) is 3.66. The number of carbonyl (C=O) groups excluding carboxylic acids is 1. The van der Waals surface area contributed by atoms with Crippen LogP contribution in [0, 0.1) is 6.92 Å². The number of nitrogens with zero attached hydrogens (tertiary/aromatic N) is 2. The summed E-state index contributed by atoms with van der Waals surface area (Å²) in [4.78, 5) is 16.5. The van der Waals surface area contributed by atoms with E-state index < -0.39 is 0 Å². The maximum atomic E-state index is 12.2. The summed E-state index contributed by atoms with van der Waals surface area (Å²) < 4.78 is 10.6. The van der Waals surface area contributed by atoms with E-state index in [2.05, 4.69) is 22.0 Å². The highest BCUT2D eigenvalue weighted by molar-refractivity contribution is 5.94. The monoisotopic (exact) mass is 349 g/mol. The number of hydrogen-bond acceptors (Lipinski definition) is 5. The molecule has 3 aromatic rings. The van der Waals surface area contributed by atoms with Gasteiger partial charge in [0.05, 0.1) is 6.54 Å². The lowest BCUT2D eigenvalue weighted by atomic mass is 10.1. The number of nitrogens with one attached hydrogen (secondary N) is 1. The predicted octanol–water partition coefficient (Wildman–Crippen LogP) is 3.54. The fraction of sp³-hybridized carbons (Fsp3) is 0.150. The minimum Gasteiger partial charge on any atom is -0.490 e. The van der Waals surface area contributed by atoms with Gasteiger partial charge in [-0.3, -0.25) is 4.79 Å². The third kappa shape index (κ3) is 4.36. The van der Waals surface area contributed by atoms with Gasteiger partial charge in [-0.2, -0.15) is 4.98 Å². The Balaban J connectivity index is 1.57. The van der Waals surface area contributed by atoms with Gasteiger partial charge in [-0.25, -0.2) is 0 Å². The Morgan fingerprint density at radius 2 is 1.92 bits per heavy atom. The first-order valence-corrected chi connectivity index (χ1v) is 8.17. The summed E-state index contributed by atoms with van der Waals surface area (Å²) in [6.45, 7) is 6.19. The van der Waals surface area contributed by atoms with Crippen LogP contribution in [-0.4, -0.2) is 22.7 Å². The molecule has 6 nitrogen and oxygen atoms in total. The average Bonchev–Trinajstić information content (AvgIpc) is 3.14. The number of ether oxygens (including phenoxy) is 1. The summed E-state index contributed by atoms with van der Waals surface area (Å²) in [6, 6.07) is 14.7. The van der Waals surface area contributed by atoms with Gasteiger partial charge in [-0.1, -0.05) is 47.6 Å². The standard InChI is InChI=1S/C20H19N3O3/c1-3-12-25-17-10-8-16(9-11-17)20(24)21-13-18-22-19(23-26-18)15-6-4-14(2)5-7-15/h3-11H,1,12-13H2,2H3,(H,21,24). The van der Waals surface area contributed by atoms with Crippen molar-refractivity contribution in [2.75, 3.05) is 6.61 Å². The van der Waals surface area contributed by atoms with Gasteiger partial charge in [-0.15, -0.1) is 0 Å². The molecule has 1 aromatic heterocycles. The Bertz CT molecular complexity index is 883. The predicted molar refractivity (Wildman–Crippen MR) is 97.8 cm³/mol. The Hall–Kier alpha value is -3.41. The number of hydrogen-bond donors (Lipinski definition) is 1. The van der Waals surface area contributed by atoms with Gasteiger partial charge < -0.3 is 14.6 Å². The zero-order valence-corrected chi connectivity index (χ0v) is 14.4. The minimum atomic E-state index is -0.227. The molecule has 0 saturated heterocycles. The summed E-state index contributed by atoms with van der Waals surface area (Å²) in [5.41, 5.74) is 2.55. The van der Waals surface area contributed by atoms with Crippen LogP contribution in [0.2, 0.25) is 0 Å². The first kappa shape index (κ1) is 17.4. The Morgan fingerprint density at radius 1 is 1.19 bits per heavy atom. The van der Waals surface area contributed by atoms with Crippen molar-refractivity contribution < 1.29 is 14.1 Å². The topological polar surface area (TPSA) is 77.2 Å². The molecule has 0 aliphatic rings. The molecule has 1 N–H and O–H groups in total. The van der Waals surface area contributed by atoms with Gasteiger partial charge >= 0.3 is 0 Å². The summed E-state index contributed by atoms with van der Waals surface area (Å²) in [5.74, 6) is 1.30. The van der Waals surface area contributed by atoms with Crippen molar-refractivity contribution in [1.82, 2.24) is 15.5 Å². The lowest BCUT2D eigenvalue weighted by Gasteiger charge is -2.05. The van der Waals surface area contributed by atoms with Gasteiger partial charge in [-0.05, 0) is 31.2 Å². The Labute approximate surface area is 151 Å². The average molecular weight is 349 g/mol. The summed E-state index contributed by atoms with van der Waals surface area (Å²) in [7, 11) is 0. The van der Waals surface area contributed by atoms with Gasteiger partial charge in [0, 0.05) is 11.1 Å². The molecule has 0 bridgehead atoms. The van der Waals surface area contributed by atoms with E-state index in [4.69, 9.17) is 9.26 Å². The van der Waals surface area contributed by atoms with Crippen LogP contribution in [0.4, 0.5) is 0 Å². The zero-order valence-electron chi connectivity index (χ0n) is 14.4. The lowest BCUT2D eigenvalue weighted by molar-refractivity contribution is 0.0946. The van der Waals surface area contributed by atoms with Crippen molar-refractivity contribution in [2.45, 2.75) is 13.5 Å². The lowest BCUT2D eigenvalue weighted by Crippen LogP contribution is -2.22. The van der Waals surface area contributed by atoms with Crippen LogP contribution in [0.15, 0.2) is 65.7 Å². The molecule has 26 heavy (non-hydrogen) atoms. The van der Waals surface area contributed by atoms with Crippen LogP contribution in [0.5, 0.6) is 5.75 Å². The Kier molecular flexibility index (Phi) is 5.43. The highest BCUT2D eigenvalue weighted by Gasteiger charge is 2.11. The molecule has 0 radical (unpaired) electrons. The summed E-state index contributed by atoms with van der Waals surface area (Å²) in [6.07, 6.45) is 1.66. The van der Waals surface area contributed by atoms with E-state index in [9.17, 15) is 4.79 Å². The fourth-order valence-electron chi connectivity index (χ4n) is 2.26. The molecule has 2 aromatic carbocycles. The summed E-state index contributed by atoms with van der Waals surface area (Å²) >= 11 is 0. The molecule has 0 fully saturated rings. The molecule has 6 heteroatoms. The molecule has 0 unspecified atom stereocenters. The second-order valence-electron chi connectivity index (χ2n) is 5.68. The molecular formula is C20H19N3O3. The largest absolute Gasteiger partial charge is 0.490 e. The highest BCUT2D eigenvalue weighted by Crippen LogP contribution is 2.16. The van der Waals surface area contributed by atoms with Gasteiger partial charge in [0.1, 0.15) is 12.4 Å². The molecular weight excluding hydrogens is 330 g/mol. The summed E-state index contributed by atoms with van der Waals surface area (Å²) in [5, 5.41) is 6.70. The van der Waals surface area contributed by atoms with E-state index >= 15 is 0 Å². The molecule has 1 amide bonds. The fourth-order valence-corrected chi connectivity index (χ4v) is 2.26.